The van der Waals surface area contributed by atoms with E-state index in [1.807, 2.05) is 0 Å². The molecular weight excluding hydrogens is 413 g/mol. The normalized spacial score (nSPS) is 28.5. The number of hydrogen-bond acceptors (Lipinski definition) is 5. The lowest BCUT2D eigenvalue weighted by Crippen LogP contribution is -2.52. The molecule has 3 atom stereocenters. The van der Waals surface area contributed by atoms with E-state index < -0.39 is 11.9 Å². The summed E-state index contributed by atoms with van der Waals surface area (Å²) in [6, 6.07) is 2.82. The van der Waals surface area contributed by atoms with Crippen LogP contribution in [0.15, 0.2) is 12.1 Å². The summed E-state index contributed by atoms with van der Waals surface area (Å²) in [6.45, 7) is 1.72. The Morgan fingerprint density at radius 1 is 1.12 bits per heavy atom. The predicted molar refractivity (Wildman–Crippen MR) is 114 cm³/mol. The van der Waals surface area contributed by atoms with E-state index in [4.69, 9.17) is 4.74 Å². The first-order chi connectivity index (χ1) is 15.5. The van der Waals surface area contributed by atoms with Gasteiger partial charge in [0.1, 0.15) is 11.9 Å². The van der Waals surface area contributed by atoms with Gasteiger partial charge in [0.05, 0.1) is 12.6 Å². The Balaban J connectivity index is 1.29. The first-order valence-electron chi connectivity index (χ1n) is 11.8. The number of carbonyl (C=O) groups is 3. The first kappa shape index (κ1) is 21.5. The van der Waals surface area contributed by atoms with Crippen LogP contribution in [0.4, 0.5) is 4.39 Å². The van der Waals surface area contributed by atoms with Crippen LogP contribution in [0.1, 0.15) is 66.4 Å². The molecule has 8 heteroatoms. The minimum Gasteiger partial charge on any atom is -0.376 e. The molecule has 1 aromatic carbocycles. The molecule has 1 aliphatic carbocycles. The van der Waals surface area contributed by atoms with Gasteiger partial charge in [-0.3, -0.25) is 19.7 Å². The van der Waals surface area contributed by atoms with Crippen molar-refractivity contribution in [3.63, 3.8) is 0 Å². The van der Waals surface area contributed by atoms with Crippen LogP contribution in [0.3, 0.4) is 0 Å². The van der Waals surface area contributed by atoms with Crippen LogP contribution in [0.25, 0.3) is 0 Å². The van der Waals surface area contributed by atoms with Gasteiger partial charge >= 0.3 is 0 Å². The third-order valence-electron chi connectivity index (χ3n) is 7.48. The number of benzene rings is 1. The zero-order chi connectivity index (χ0) is 22.2. The number of nitrogens with one attached hydrogen (secondary N) is 2. The number of fused-ring (bicyclic) bond motifs is 1. The van der Waals surface area contributed by atoms with Crippen LogP contribution in [-0.2, 0) is 27.3 Å². The summed E-state index contributed by atoms with van der Waals surface area (Å²) in [7, 11) is 0. The first-order valence-corrected chi connectivity index (χ1v) is 11.8. The minimum absolute atomic E-state index is 0.0506. The maximum Gasteiger partial charge on any atom is 0.255 e. The summed E-state index contributed by atoms with van der Waals surface area (Å²) in [5, 5.41) is 5.93. The number of rotatable bonds is 6. The van der Waals surface area contributed by atoms with Gasteiger partial charge < -0.3 is 15.0 Å². The Morgan fingerprint density at radius 3 is 2.72 bits per heavy atom. The van der Waals surface area contributed by atoms with Gasteiger partial charge in [0.25, 0.3) is 5.91 Å². The monoisotopic (exact) mass is 443 g/mol. The molecule has 4 aliphatic rings. The van der Waals surface area contributed by atoms with Crippen molar-refractivity contribution in [2.24, 2.45) is 5.92 Å². The van der Waals surface area contributed by atoms with E-state index in [1.165, 1.54) is 24.2 Å². The maximum absolute atomic E-state index is 15.5. The zero-order valence-electron chi connectivity index (χ0n) is 18.2. The lowest BCUT2D eigenvalue weighted by Gasteiger charge is -2.35. The molecule has 3 heterocycles. The fourth-order valence-corrected chi connectivity index (χ4v) is 5.32. The highest BCUT2D eigenvalue weighted by atomic mass is 19.1. The van der Waals surface area contributed by atoms with Gasteiger partial charge in [-0.25, -0.2) is 4.39 Å². The highest BCUT2D eigenvalue weighted by Crippen LogP contribution is 2.32. The predicted octanol–water partition coefficient (Wildman–Crippen LogP) is 2.07. The van der Waals surface area contributed by atoms with E-state index in [0.717, 1.165) is 25.3 Å². The third kappa shape index (κ3) is 4.06. The number of carbonyl (C=O) groups excluding carboxylic acids is 3. The molecular formula is C24H30FN3O4. The van der Waals surface area contributed by atoms with E-state index in [2.05, 4.69) is 10.6 Å². The van der Waals surface area contributed by atoms with Crippen LogP contribution in [0.2, 0.25) is 0 Å². The summed E-state index contributed by atoms with van der Waals surface area (Å²) in [5.74, 6) is -0.805. The molecule has 1 aromatic rings. The quantitative estimate of drug-likeness (QED) is 0.658. The number of halogens is 1. The van der Waals surface area contributed by atoms with E-state index in [-0.39, 0.29) is 49.2 Å². The molecule has 3 amide bonds. The minimum atomic E-state index is -0.739. The van der Waals surface area contributed by atoms with Crippen molar-refractivity contribution in [3.05, 3.63) is 34.6 Å². The van der Waals surface area contributed by atoms with Gasteiger partial charge in [0, 0.05) is 36.6 Å². The molecule has 3 fully saturated rings. The average Bonchev–Trinajstić information content (AvgIpc) is 3.07. The molecule has 2 saturated heterocycles. The molecule has 7 nitrogen and oxygen atoms in total. The van der Waals surface area contributed by atoms with Crippen molar-refractivity contribution in [2.45, 2.75) is 76.1 Å². The van der Waals surface area contributed by atoms with E-state index in [9.17, 15) is 14.4 Å². The topological polar surface area (TPSA) is 87.7 Å². The van der Waals surface area contributed by atoms with Crippen molar-refractivity contribution >= 4 is 17.7 Å². The standard InChI is InChI=1S/C24H30FN3O4/c25-22-15(11-20-18(5-2-10-32-20)26-12-14-3-1-4-14)6-7-16-17(22)13-28(24(16)31)19-8-9-21(29)27-23(19)30/h6-7,14,18-20,26H,1-5,8-13H2,(H,27,29,30)/t18-,19?,20+/m0/s1. The Hall–Kier alpha value is -2.32. The number of hydrogen-bond donors (Lipinski definition) is 2. The SMILES string of the molecule is O=C1CCC(N2Cc3c(ccc(C[C@H]4OCCC[C@@H]4NCC4CCC4)c3F)C2=O)C(=O)N1. The number of piperidine rings is 1. The van der Waals surface area contributed by atoms with Crippen molar-refractivity contribution < 1.29 is 23.5 Å². The van der Waals surface area contributed by atoms with E-state index in [0.29, 0.717) is 29.7 Å². The molecule has 1 saturated carbocycles. The molecule has 3 aliphatic heterocycles. The van der Waals surface area contributed by atoms with Gasteiger partial charge in [-0.05, 0) is 56.2 Å². The smallest absolute Gasteiger partial charge is 0.255 e. The summed E-state index contributed by atoms with van der Waals surface area (Å²) in [5.41, 5.74) is 1.19. The molecule has 172 valence electrons. The zero-order valence-corrected chi connectivity index (χ0v) is 18.2. The van der Waals surface area contributed by atoms with Gasteiger partial charge in [0.2, 0.25) is 11.8 Å². The highest BCUT2D eigenvalue weighted by molar-refractivity contribution is 6.05. The van der Waals surface area contributed by atoms with Crippen molar-refractivity contribution in [3.8, 4) is 0 Å². The summed E-state index contributed by atoms with van der Waals surface area (Å²) in [4.78, 5) is 37.9. The molecule has 0 radical (unpaired) electrons. The van der Waals surface area contributed by atoms with Gasteiger partial charge in [0.15, 0.2) is 0 Å². The Labute approximate surface area is 187 Å². The lowest BCUT2D eigenvalue weighted by molar-refractivity contribution is -0.136. The molecule has 32 heavy (non-hydrogen) atoms. The highest BCUT2D eigenvalue weighted by Gasteiger charge is 2.40. The van der Waals surface area contributed by atoms with Crippen molar-refractivity contribution in [1.29, 1.82) is 0 Å². The fourth-order valence-electron chi connectivity index (χ4n) is 5.32. The Morgan fingerprint density at radius 2 is 1.97 bits per heavy atom. The van der Waals surface area contributed by atoms with E-state index >= 15 is 4.39 Å². The van der Waals surface area contributed by atoms with Crippen LogP contribution in [0, 0.1) is 11.7 Å². The molecule has 2 N–H and O–H groups in total. The number of ether oxygens (including phenoxy) is 1. The molecule has 1 unspecified atom stereocenters. The lowest BCUT2D eigenvalue weighted by atomic mass is 9.85. The number of imide groups is 1. The van der Waals surface area contributed by atoms with Crippen LogP contribution in [0.5, 0.6) is 0 Å². The molecule has 0 bridgehead atoms. The maximum atomic E-state index is 15.5. The van der Waals surface area contributed by atoms with E-state index in [1.54, 1.807) is 12.1 Å². The van der Waals surface area contributed by atoms with Crippen LogP contribution < -0.4 is 10.6 Å². The molecule has 5 rings (SSSR count). The van der Waals surface area contributed by atoms with Gasteiger partial charge in [-0.15, -0.1) is 0 Å². The second-order valence-corrected chi connectivity index (χ2v) is 9.53. The average molecular weight is 444 g/mol. The second kappa shape index (κ2) is 8.90. The van der Waals surface area contributed by atoms with Gasteiger partial charge in [-0.2, -0.15) is 0 Å². The third-order valence-corrected chi connectivity index (χ3v) is 7.48. The number of amides is 3. The fraction of sp³-hybridized carbons (Fsp3) is 0.625. The Bertz CT molecular complexity index is 932. The Kier molecular flexibility index (Phi) is 5.99. The summed E-state index contributed by atoms with van der Waals surface area (Å²) in [6.07, 6.45) is 6.69. The van der Waals surface area contributed by atoms with Crippen molar-refractivity contribution in [2.75, 3.05) is 13.2 Å². The van der Waals surface area contributed by atoms with Crippen molar-refractivity contribution in [1.82, 2.24) is 15.5 Å². The van der Waals surface area contributed by atoms with Crippen LogP contribution in [-0.4, -0.2) is 54.0 Å². The van der Waals surface area contributed by atoms with Gasteiger partial charge in [-0.1, -0.05) is 12.5 Å². The largest absolute Gasteiger partial charge is 0.376 e. The summed E-state index contributed by atoms with van der Waals surface area (Å²) >= 11 is 0. The second-order valence-electron chi connectivity index (χ2n) is 9.53. The molecule has 0 spiro atoms. The number of nitrogens with zero attached hydrogens (tertiary/aromatic N) is 1. The van der Waals surface area contributed by atoms with Crippen LogP contribution >= 0.6 is 0 Å². The molecule has 0 aromatic heterocycles. The summed E-state index contributed by atoms with van der Waals surface area (Å²) < 4.78 is 21.5.